The monoisotopic (exact) mass is 564 g/mol. The van der Waals surface area contributed by atoms with Crippen LogP contribution in [0, 0.1) is 6.92 Å². The summed E-state index contributed by atoms with van der Waals surface area (Å²) in [6.45, 7) is 3.32. The number of nitrogens with zero attached hydrogens (tertiary/aromatic N) is 6. The van der Waals surface area contributed by atoms with Gasteiger partial charge in [-0.15, -0.1) is 0 Å². The predicted molar refractivity (Wildman–Crippen MR) is 155 cm³/mol. The normalized spacial score (nSPS) is 14.6. The highest BCUT2D eigenvalue weighted by atomic mass is 16.5. The fourth-order valence-corrected chi connectivity index (χ4v) is 5.26. The van der Waals surface area contributed by atoms with Crippen LogP contribution in [0.2, 0.25) is 0 Å². The van der Waals surface area contributed by atoms with E-state index in [1.807, 2.05) is 43.3 Å². The summed E-state index contributed by atoms with van der Waals surface area (Å²) < 4.78 is 7.06. The van der Waals surface area contributed by atoms with Gasteiger partial charge in [-0.1, -0.05) is 18.2 Å². The van der Waals surface area contributed by atoms with Crippen molar-refractivity contribution in [2.75, 3.05) is 40.3 Å². The predicted octanol–water partition coefficient (Wildman–Crippen LogP) is 3.44. The highest BCUT2D eigenvalue weighted by Crippen LogP contribution is 2.33. The Labute approximate surface area is 242 Å². The molecule has 0 radical (unpaired) electrons. The van der Waals surface area contributed by atoms with Gasteiger partial charge >= 0.3 is 5.91 Å². The van der Waals surface area contributed by atoms with Crippen LogP contribution in [0.25, 0.3) is 28.0 Å². The number of Topliss-reactive ketones (excluding diaryl/α,β-unsaturated/α-hetero) is 1. The van der Waals surface area contributed by atoms with Crippen molar-refractivity contribution in [3.05, 3.63) is 90.1 Å². The van der Waals surface area contributed by atoms with Gasteiger partial charge in [-0.3, -0.25) is 19.1 Å². The minimum atomic E-state index is -0.631. The number of quaternary nitrogens is 1. The van der Waals surface area contributed by atoms with E-state index in [4.69, 9.17) is 4.74 Å². The zero-order valence-electron chi connectivity index (χ0n) is 23.6. The first-order chi connectivity index (χ1) is 20.3. The number of aromatic amines is 1. The summed E-state index contributed by atoms with van der Waals surface area (Å²) in [4.78, 5) is 54.0. The van der Waals surface area contributed by atoms with Gasteiger partial charge in [-0.2, -0.15) is 5.10 Å². The number of H-pyrrole nitrogens is 1. The van der Waals surface area contributed by atoms with Crippen LogP contribution in [0.1, 0.15) is 26.4 Å². The molecule has 0 saturated carbocycles. The number of piperazine rings is 1. The van der Waals surface area contributed by atoms with E-state index in [-0.39, 0.29) is 16.0 Å². The third kappa shape index (κ3) is 4.73. The second-order valence-corrected chi connectivity index (χ2v) is 10.6. The number of pyridine rings is 2. The SMILES string of the molecule is COc1cnc(-n2ccc(-c3ccc(C)nc3)n2)c2[nH]cc(C(=O)C(=O)[N+]3(C)CCN(C(=O)c4ccccc4)CC3)c12. The first-order valence-corrected chi connectivity index (χ1v) is 13.6. The largest absolute Gasteiger partial charge is 0.494 e. The topological polar surface area (TPSA) is 123 Å². The number of benzene rings is 1. The maximum absolute atomic E-state index is 13.7. The molecule has 1 N–H and O–H groups in total. The summed E-state index contributed by atoms with van der Waals surface area (Å²) >= 11 is 0. The van der Waals surface area contributed by atoms with Crippen LogP contribution in [0.3, 0.4) is 0 Å². The Morgan fingerprint density at radius 2 is 1.74 bits per heavy atom. The van der Waals surface area contributed by atoms with E-state index in [1.165, 1.54) is 19.5 Å². The van der Waals surface area contributed by atoms with E-state index >= 15 is 0 Å². The standard InChI is InChI=1S/C31H29N7O4/c1-20-9-10-22(17-32-20)24-11-12-37(35-24)29-27-26(25(42-3)19-34-29)23(18-33-27)28(39)31(41)38(2)15-13-36(14-16-38)30(40)21-7-5-4-6-8-21/h4-12,17-19H,13-16H2,1-3H3/p+1. The van der Waals surface area contributed by atoms with E-state index in [2.05, 4.69) is 20.1 Å². The summed E-state index contributed by atoms with van der Waals surface area (Å²) in [5, 5.41) is 5.13. The van der Waals surface area contributed by atoms with Crippen molar-refractivity contribution in [3.8, 4) is 22.8 Å². The molecule has 0 unspecified atom stereocenters. The number of hydrogen-bond donors (Lipinski definition) is 1. The molecule has 6 rings (SSSR count). The Bertz CT molecular complexity index is 1800. The van der Waals surface area contributed by atoms with Gasteiger partial charge in [-0.25, -0.2) is 14.5 Å². The molecule has 212 valence electrons. The quantitative estimate of drug-likeness (QED) is 0.190. The third-order valence-electron chi connectivity index (χ3n) is 7.85. The lowest BCUT2D eigenvalue weighted by molar-refractivity contribution is -0.835. The molecule has 5 heterocycles. The van der Waals surface area contributed by atoms with Crippen molar-refractivity contribution in [2.45, 2.75) is 6.92 Å². The van der Waals surface area contributed by atoms with Gasteiger partial charge in [-0.05, 0) is 37.3 Å². The molecule has 11 heteroatoms. The zero-order chi connectivity index (χ0) is 29.4. The van der Waals surface area contributed by atoms with Crippen molar-refractivity contribution in [1.82, 2.24) is 29.6 Å². The van der Waals surface area contributed by atoms with E-state index in [1.54, 1.807) is 41.2 Å². The molecule has 11 nitrogen and oxygen atoms in total. The van der Waals surface area contributed by atoms with Crippen LogP contribution >= 0.6 is 0 Å². The number of aryl methyl sites for hydroxylation is 1. The van der Waals surface area contributed by atoms with E-state index < -0.39 is 11.7 Å². The average Bonchev–Trinajstić information content (AvgIpc) is 3.69. The highest BCUT2D eigenvalue weighted by Gasteiger charge is 2.42. The van der Waals surface area contributed by atoms with Crippen molar-refractivity contribution in [2.24, 2.45) is 0 Å². The van der Waals surface area contributed by atoms with E-state index in [0.29, 0.717) is 59.9 Å². The molecular formula is C31H30N7O4+. The van der Waals surface area contributed by atoms with Gasteiger partial charge in [0.05, 0.1) is 55.6 Å². The molecule has 0 bridgehead atoms. The summed E-state index contributed by atoms with van der Waals surface area (Å²) in [5.41, 5.74) is 3.81. The molecule has 1 aliphatic rings. The molecule has 1 aromatic carbocycles. The number of carbonyl (C=O) groups is 3. The Balaban J connectivity index is 1.26. The fraction of sp³-hybridized carbons (Fsp3) is 0.226. The molecule has 2 amide bonds. The highest BCUT2D eigenvalue weighted by molar-refractivity contribution is 6.43. The van der Waals surface area contributed by atoms with Crippen LogP contribution in [0.4, 0.5) is 0 Å². The van der Waals surface area contributed by atoms with Crippen LogP contribution in [0.15, 0.2) is 73.3 Å². The zero-order valence-corrected chi connectivity index (χ0v) is 23.6. The number of methoxy groups -OCH3 is 1. The third-order valence-corrected chi connectivity index (χ3v) is 7.85. The Morgan fingerprint density at radius 3 is 2.43 bits per heavy atom. The molecule has 0 spiro atoms. The van der Waals surface area contributed by atoms with Gasteiger partial charge in [0, 0.05) is 35.4 Å². The van der Waals surface area contributed by atoms with Gasteiger partial charge < -0.3 is 14.6 Å². The summed E-state index contributed by atoms with van der Waals surface area (Å²) in [6, 6.07) is 14.8. The first-order valence-electron chi connectivity index (χ1n) is 13.6. The minimum Gasteiger partial charge on any atom is -0.494 e. The van der Waals surface area contributed by atoms with Gasteiger partial charge in [0.2, 0.25) is 0 Å². The maximum atomic E-state index is 13.7. The number of nitrogens with one attached hydrogen (secondary N) is 1. The van der Waals surface area contributed by atoms with Crippen molar-refractivity contribution in [3.63, 3.8) is 0 Å². The smallest absolute Gasteiger partial charge is 0.386 e. The number of hydrogen-bond acceptors (Lipinski definition) is 7. The number of aromatic nitrogens is 5. The fourth-order valence-electron chi connectivity index (χ4n) is 5.26. The average molecular weight is 565 g/mol. The Kier molecular flexibility index (Phi) is 6.87. The molecule has 1 aliphatic heterocycles. The number of fused-ring (bicyclic) bond motifs is 1. The van der Waals surface area contributed by atoms with Gasteiger partial charge in [0.25, 0.3) is 11.7 Å². The number of amides is 2. The molecule has 1 fully saturated rings. The second-order valence-electron chi connectivity index (χ2n) is 10.6. The van der Waals surface area contributed by atoms with Gasteiger partial charge in [0.15, 0.2) is 5.82 Å². The summed E-state index contributed by atoms with van der Waals surface area (Å²) in [5.74, 6) is -0.438. The van der Waals surface area contributed by atoms with Crippen LogP contribution in [0.5, 0.6) is 5.75 Å². The minimum absolute atomic E-state index is 0.0811. The Morgan fingerprint density at radius 1 is 0.976 bits per heavy atom. The molecule has 5 aromatic rings. The first kappa shape index (κ1) is 27.0. The molecule has 1 saturated heterocycles. The Hall–Kier alpha value is -5.16. The van der Waals surface area contributed by atoms with Crippen molar-refractivity contribution < 1.29 is 23.6 Å². The van der Waals surface area contributed by atoms with Crippen LogP contribution in [-0.2, 0) is 4.79 Å². The number of carbonyl (C=O) groups excluding carboxylic acids is 3. The lowest BCUT2D eigenvalue weighted by Gasteiger charge is -2.39. The molecular weight excluding hydrogens is 534 g/mol. The van der Waals surface area contributed by atoms with Gasteiger partial charge in [0.1, 0.15) is 18.8 Å². The van der Waals surface area contributed by atoms with E-state index in [9.17, 15) is 14.4 Å². The van der Waals surface area contributed by atoms with Crippen molar-refractivity contribution in [1.29, 1.82) is 0 Å². The molecule has 0 aliphatic carbocycles. The second kappa shape index (κ2) is 10.7. The van der Waals surface area contributed by atoms with E-state index in [0.717, 1.165) is 11.3 Å². The van der Waals surface area contributed by atoms with Crippen LogP contribution in [-0.4, -0.2) is 92.0 Å². The number of likely N-dealkylation sites (N-methyl/N-ethyl adjacent to an activating group) is 1. The lowest BCUT2D eigenvalue weighted by atomic mass is 10.1. The number of rotatable bonds is 6. The molecule has 42 heavy (non-hydrogen) atoms. The number of ketones is 1. The maximum Gasteiger partial charge on any atom is 0.386 e. The lowest BCUT2D eigenvalue weighted by Crippen LogP contribution is -2.62. The van der Waals surface area contributed by atoms with Crippen molar-refractivity contribution >= 4 is 28.5 Å². The molecule has 4 aromatic heterocycles. The molecule has 0 atom stereocenters. The summed E-state index contributed by atoms with van der Waals surface area (Å²) in [6.07, 6.45) is 6.58. The number of ether oxygens (including phenoxy) is 1. The van der Waals surface area contributed by atoms with Crippen LogP contribution < -0.4 is 4.74 Å². The summed E-state index contributed by atoms with van der Waals surface area (Å²) in [7, 11) is 3.24.